The van der Waals surface area contributed by atoms with Gasteiger partial charge in [-0.15, -0.1) is 0 Å². The van der Waals surface area contributed by atoms with Gasteiger partial charge in [-0.25, -0.2) is 0 Å². The fourth-order valence-electron chi connectivity index (χ4n) is 1.79. The second kappa shape index (κ2) is 6.34. The van der Waals surface area contributed by atoms with Gasteiger partial charge in [0.25, 0.3) is 0 Å². The van der Waals surface area contributed by atoms with Gasteiger partial charge in [0.1, 0.15) is 5.75 Å². The molecule has 0 amide bonds. The van der Waals surface area contributed by atoms with Crippen molar-refractivity contribution in [3.05, 3.63) is 58.9 Å². The van der Waals surface area contributed by atoms with Crippen LogP contribution in [0.3, 0.4) is 0 Å². The maximum absolute atomic E-state index is 12.0. The Morgan fingerprint density at radius 1 is 1.26 bits per heavy atom. The molecule has 0 radical (unpaired) electrons. The number of aromatic nitrogens is 1. The molecule has 2 aromatic rings. The quantitative estimate of drug-likeness (QED) is 0.783. The number of hydrogen-bond acceptors (Lipinski definition) is 3. The first-order valence-corrected chi connectivity index (χ1v) is 6.34. The predicted octanol–water partition coefficient (Wildman–Crippen LogP) is 3.56. The van der Waals surface area contributed by atoms with Gasteiger partial charge < -0.3 is 4.74 Å². The maximum atomic E-state index is 12.0. The Balaban J connectivity index is 1.98. The van der Waals surface area contributed by atoms with Crippen molar-refractivity contribution in [2.75, 3.05) is 7.11 Å². The molecule has 0 spiro atoms. The van der Waals surface area contributed by atoms with E-state index in [1.165, 1.54) is 6.20 Å². The highest BCUT2D eigenvalue weighted by atomic mass is 35.5. The number of nitrogens with zero attached hydrogens (tertiary/aromatic N) is 1. The molecule has 0 aliphatic carbocycles. The normalized spacial score (nSPS) is 10.2. The molecule has 1 aromatic heterocycles. The summed E-state index contributed by atoms with van der Waals surface area (Å²) >= 11 is 5.94. The highest BCUT2D eigenvalue weighted by molar-refractivity contribution is 6.33. The second-order valence-electron chi connectivity index (χ2n) is 4.13. The van der Waals surface area contributed by atoms with Crippen molar-refractivity contribution >= 4 is 17.4 Å². The molecule has 0 fully saturated rings. The van der Waals surface area contributed by atoms with Gasteiger partial charge in [-0.2, -0.15) is 0 Å². The summed E-state index contributed by atoms with van der Waals surface area (Å²) in [5, 5.41) is 0.405. The number of Topliss-reactive ketones (excluding diaryl/α,β-unsaturated/α-hetero) is 1. The fraction of sp³-hybridized carbons (Fsp3) is 0.200. The molecule has 0 saturated heterocycles. The molecule has 0 atom stereocenters. The van der Waals surface area contributed by atoms with Crippen LogP contribution in [0.2, 0.25) is 5.02 Å². The largest absolute Gasteiger partial charge is 0.497 e. The standard InChI is InChI=1S/C15H14ClNO2/c1-19-12-5-2-11(3-6-12)4-7-15(18)13-8-9-17-10-14(13)16/h2-3,5-6,8-10H,4,7H2,1H3. The van der Waals surface area contributed by atoms with E-state index in [0.29, 0.717) is 23.4 Å². The lowest BCUT2D eigenvalue weighted by molar-refractivity contribution is 0.0983. The average molecular weight is 276 g/mol. The summed E-state index contributed by atoms with van der Waals surface area (Å²) in [6, 6.07) is 9.34. The number of carbonyl (C=O) groups is 1. The lowest BCUT2D eigenvalue weighted by Gasteiger charge is -2.04. The summed E-state index contributed by atoms with van der Waals surface area (Å²) in [6.45, 7) is 0. The van der Waals surface area contributed by atoms with E-state index < -0.39 is 0 Å². The van der Waals surface area contributed by atoms with Crippen molar-refractivity contribution in [1.29, 1.82) is 0 Å². The Labute approximate surface area is 117 Å². The molecule has 19 heavy (non-hydrogen) atoms. The van der Waals surface area contributed by atoms with Crippen LogP contribution in [0, 0.1) is 0 Å². The average Bonchev–Trinajstić information content (AvgIpc) is 2.46. The van der Waals surface area contributed by atoms with Crippen LogP contribution in [0.1, 0.15) is 22.3 Å². The van der Waals surface area contributed by atoms with Crippen molar-refractivity contribution in [3.8, 4) is 5.75 Å². The first kappa shape index (κ1) is 13.6. The zero-order chi connectivity index (χ0) is 13.7. The minimum atomic E-state index is 0.0308. The molecular weight excluding hydrogens is 262 g/mol. The number of carbonyl (C=O) groups excluding carboxylic acids is 1. The summed E-state index contributed by atoms with van der Waals surface area (Å²) in [5.41, 5.74) is 1.63. The maximum Gasteiger partial charge on any atom is 0.164 e. The summed E-state index contributed by atoms with van der Waals surface area (Å²) in [5.74, 6) is 0.843. The minimum absolute atomic E-state index is 0.0308. The third-order valence-electron chi connectivity index (χ3n) is 2.87. The van der Waals surface area contributed by atoms with E-state index in [1.807, 2.05) is 24.3 Å². The second-order valence-corrected chi connectivity index (χ2v) is 4.53. The van der Waals surface area contributed by atoms with E-state index in [0.717, 1.165) is 11.3 Å². The zero-order valence-corrected chi connectivity index (χ0v) is 11.4. The first-order chi connectivity index (χ1) is 9.20. The minimum Gasteiger partial charge on any atom is -0.497 e. The van der Waals surface area contributed by atoms with Gasteiger partial charge in [-0.05, 0) is 30.2 Å². The Morgan fingerprint density at radius 3 is 2.63 bits per heavy atom. The summed E-state index contributed by atoms with van der Waals surface area (Å²) in [7, 11) is 1.63. The summed E-state index contributed by atoms with van der Waals surface area (Å²) in [6.07, 6.45) is 4.17. The number of rotatable bonds is 5. The Kier molecular flexibility index (Phi) is 4.53. The van der Waals surface area contributed by atoms with Crippen molar-refractivity contribution in [2.45, 2.75) is 12.8 Å². The van der Waals surface area contributed by atoms with E-state index in [4.69, 9.17) is 16.3 Å². The van der Waals surface area contributed by atoms with Gasteiger partial charge >= 0.3 is 0 Å². The molecule has 2 rings (SSSR count). The molecule has 4 heteroatoms. The van der Waals surface area contributed by atoms with E-state index in [1.54, 1.807) is 19.4 Å². The Bertz CT molecular complexity index is 567. The van der Waals surface area contributed by atoms with Crippen molar-refractivity contribution in [1.82, 2.24) is 4.98 Å². The number of ketones is 1. The molecule has 0 N–H and O–H groups in total. The van der Waals surface area contributed by atoms with Crippen LogP contribution in [-0.4, -0.2) is 17.9 Å². The van der Waals surface area contributed by atoms with Gasteiger partial charge in [-0.3, -0.25) is 9.78 Å². The highest BCUT2D eigenvalue weighted by Crippen LogP contribution is 2.17. The van der Waals surface area contributed by atoms with Crippen LogP contribution >= 0.6 is 11.6 Å². The van der Waals surface area contributed by atoms with Gasteiger partial charge in [0.15, 0.2) is 5.78 Å². The number of ether oxygens (including phenoxy) is 1. The number of aryl methyl sites for hydroxylation is 1. The third-order valence-corrected chi connectivity index (χ3v) is 3.17. The molecule has 0 saturated carbocycles. The predicted molar refractivity (Wildman–Crippen MR) is 74.9 cm³/mol. The van der Waals surface area contributed by atoms with Gasteiger partial charge in [-0.1, -0.05) is 23.7 Å². The van der Waals surface area contributed by atoms with Crippen LogP contribution < -0.4 is 4.74 Å². The van der Waals surface area contributed by atoms with E-state index in [-0.39, 0.29) is 5.78 Å². The number of pyridine rings is 1. The Morgan fingerprint density at radius 2 is 2.00 bits per heavy atom. The third kappa shape index (κ3) is 3.55. The van der Waals surface area contributed by atoms with Crippen LogP contribution in [-0.2, 0) is 6.42 Å². The number of hydrogen-bond donors (Lipinski definition) is 0. The van der Waals surface area contributed by atoms with E-state index in [2.05, 4.69) is 4.98 Å². The van der Waals surface area contributed by atoms with Crippen molar-refractivity contribution in [3.63, 3.8) is 0 Å². The van der Waals surface area contributed by atoms with Crippen molar-refractivity contribution in [2.24, 2.45) is 0 Å². The topological polar surface area (TPSA) is 39.2 Å². The SMILES string of the molecule is COc1ccc(CCC(=O)c2ccncc2Cl)cc1. The highest BCUT2D eigenvalue weighted by Gasteiger charge is 2.10. The molecule has 0 unspecified atom stereocenters. The zero-order valence-electron chi connectivity index (χ0n) is 10.6. The summed E-state index contributed by atoms with van der Waals surface area (Å²) in [4.78, 5) is 15.9. The molecule has 0 aliphatic heterocycles. The number of halogens is 1. The monoisotopic (exact) mass is 275 g/mol. The number of benzene rings is 1. The van der Waals surface area contributed by atoms with Crippen LogP contribution in [0.5, 0.6) is 5.75 Å². The smallest absolute Gasteiger partial charge is 0.164 e. The molecule has 0 aliphatic rings. The molecule has 0 bridgehead atoms. The molecule has 3 nitrogen and oxygen atoms in total. The van der Waals surface area contributed by atoms with Crippen LogP contribution in [0.15, 0.2) is 42.7 Å². The summed E-state index contributed by atoms with van der Waals surface area (Å²) < 4.78 is 5.09. The van der Waals surface area contributed by atoms with E-state index >= 15 is 0 Å². The van der Waals surface area contributed by atoms with Gasteiger partial charge in [0.05, 0.1) is 12.1 Å². The lowest BCUT2D eigenvalue weighted by atomic mass is 10.0. The molecular formula is C15H14ClNO2. The Hall–Kier alpha value is -1.87. The first-order valence-electron chi connectivity index (χ1n) is 5.96. The van der Waals surface area contributed by atoms with Gasteiger partial charge in [0, 0.05) is 24.4 Å². The molecule has 1 heterocycles. The van der Waals surface area contributed by atoms with Gasteiger partial charge in [0.2, 0.25) is 0 Å². The molecule has 1 aromatic carbocycles. The van der Waals surface area contributed by atoms with Crippen LogP contribution in [0.4, 0.5) is 0 Å². The van der Waals surface area contributed by atoms with E-state index in [9.17, 15) is 4.79 Å². The fourth-order valence-corrected chi connectivity index (χ4v) is 2.01. The van der Waals surface area contributed by atoms with Crippen molar-refractivity contribution < 1.29 is 9.53 Å². The lowest BCUT2D eigenvalue weighted by Crippen LogP contribution is -2.02. The molecule has 98 valence electrons. The van der Waals surface area contributed by atoms with Crippen LogP contribution in [0.25, 0.3) is 0 Å². The number of methoxy groups -OCH3 is 1.